The Balaban J connectivity index is 2.01. The maximum atomic E-state index is 11.7. The van der Waals surface area contributed by atoms with Crippen molar-refractivity contribution in [3.8, 4) is 0 Å². The molecule has 2 aromatic carbocycles. The summed E-state index contributed by atoms with van der Waals surface area (Å²) in [6, 6.07) is 20.3. The van der Waals surface area contributed by atoms with Crippen molar-refractivity contribution in [3.05, 3.63) is 96.1 Å². The van der Waals surface area contributed by atoms with Crippen LogP contribution in [0.3, 0.4) is 0 Å². The summed E-state index contributed by atoms with van der Waals surface area (Å²) in [7, 11) is 2.75. The van der Waals surface area contributed by atoms with Gasteiger partial charge in [-0.25, -0.2) is 9.59 Å². The van der Waals surface area contributed by atoms with Gasteiger partial charge < -0.3 is 9.47 Å². The molecule has 0 unspecified atom stereocenters. The molecule has 0 spiro atoms. The number of methoxy groups -OCH3 is 2. The molecule has 28 heavy (non-hydrogen) atoms. The highest BCUT2D eigenvalue weighted by atomic mass is 16.5. The molecule has 1 aliphatic rings. The number of benzene rings is 2. The SMILES string of the molecule is COC(=O)C=CC1C(c2ccccc2)C(C=CC(=O)OC)C1c1ccccc1. The predicted octanol–water partition coefficient (Wildman–Crippen LogP) is 4.26. The second kappa shape index (κ2) is 9.18. The van der Waals surface area contributed by atoms with E-state index in [1.165, 1.54) is 37.5 Å². The third kappa shape index (κ3) is 4.22. The van der Waals surface area contributed by atoms with Crippen LogP contribution >= 0.6 is 0 Å². The van der Waals surface area contributed by atoms with E-state index >= 15 is 0 Å². The summed E-state index contributed by atoms with van der Waals surface area (Å²) in [4.78, 5) is 23.4. The molecule has 0 aliphatic heterocycles. The van der Waals surface area contributed by atoms with Crippen LogP contribution in [-0.2, 0) is 19.1 Å². The molecule has 0 radical (unpaired) electrons. The van der Waals surface area contributed by atoms with Gasteiger partial charge >= 0.3 is 11.9 Å². The summed E-state index contributed by atoms with van der Waals surface area (Å²) in [5.41, 5.74) is 2.35. The van der Waals surface area contributed by atoms with Gasteiger partial charge in [-0.15, -0.1) is 0 Å². The number of carbonyl (C=O) groups is 2. The van der Waals surface area contributed by atoms with Crippen molar-refractivity contribution in [2.24, 2.45) is 11.8 Å². The van der Waals surface area contributed by atoms with Crippen LogP contribution in [0.1, 0.15) is 23.0 Å². The van der Waals surface area contributed by atoms with Crippen LogP contribution in [0.2, 0.25) is 0 Å². The lowest BCUT2D eigenvalue weighted by molar-refractivity contribution is -0.135. The van der Waals surface area contributed by atoms with Crippen molar-refractivity contribution in [1.29, 1.82) is 0 Å². The van der Waals surface area contributed by atoms with E-state index < -0.39 is 0 Å². The Morgan fingerprint density at radius 3 is 1.36 bits per heavy atom. The second-order valence-corrected chi connectivity index (χ2v) is 6.79. The Bertz CT molecular complexity index is 773. The average molecular weight is 376 g/mol. The molecule has 1 saturated carbocycles. The lowest BCUT2D eigenvalue weighted by atomic mass is 9.52. The topological polar surface area (TPSA) is 52.6 Å². The van der Waals surface area contributed by atoms with E-state index in [0.717, 1.165) is 0 Å². The highest BCUT2D eigenvalue weighted by Crippen LogP contribution is 2.58. The zero-order valence-electron chi connectivity index (χ0n) is 16.0. The van der Waals surface area contributed by atoms with Gasteiger partial charge in [0.25, 0.3) is 0 Å². The first-order valence-electron chi connectivity index (χ1n) is 9.28. The Labute approximate surface area is 165 Å². The lowest BCUT2D eigenvalue weighted by Gasteiger charge is -2.51. The summed E-state index contributed by atoms with van der Waals surface area (Å²) < 4.78 is 9.54. The van der Waals surface area contributed by atoms with Crippen LogP contribution in [0.25, 0.3) is 0 Å². The van der Waals surface area contributed by atoms with Crippen molar-refractivity contribution in [3.63, 3.8) is 0 Å². The fourth-order valence-corrected chi connectivity index (χ4v) is 4.05. The van der Waals surface area contributed by atoms with E-state index in [1.807, 2.05) is 48.6 Å². The van der Waals surface area contributed by atoms with Gasteiger partial charge in [0, 0.05) is 12.2 Å². The number of esters is 2. The molecular weight excluding hydrogens is 352 g/mol. The van der Waals surface area contributed by atoms with E-state index in [2.05, 4.69) is 24.3 Å². The Morgan fingerprint density at radius 2 is 1.04 bits per heavy atom. The fourth-order valence-electron chi connectivity index (χ4n) is 4.05. The summed E-state index contributed by atoms with van der Waals surface area (Å²) in [6.07, 6.45) is 6.86. The fraction of sp³-hybridized carbons (Fsp3) is 0.250. The quantitative estimate of drug-likeness (QED) is 0.558. The first-order chi connectivity index (χ1) is 13.7. The van der Waals surface area contributed by atoms with E-state index in [0.29, 0.717) is 0 Å². The molecule has 144 valence electrons. The predicted molar refractivity (Wildman–Crippen MR) is 108 cm³/mol. The Kier molecular flexibility index (Phi) is 6.43. The Morgan fingerprint density at radius 1 is 0.679 bits per heavy atom. The first kappa shape index (κ1) is 19.6. The summed E-state index contributed by atoms with van der Waals surface area (Å²) in [5.74, 6) is -0.229. The molecule has 3 rings (SSSR count). The van der Waals surface area contributed by atoms with Crippen LogP contribution in [0.4, 0.5) is 0 Å². The lowest BCUT2D eigenvalue weighted by Crippen LogP contribution is -2.41. The molecule has 0 N–H and O–H groups in total. The molecule has 4 heteroatoms. The minimum Gasteiger partial charge on any atom is -0.466 e. The zero-order chi connectivity index (χ0) is 19.9. The van der Waals surface area contributed by atoms with Crippen molar-refractivity contribution >= 4 is 11.9 Å². The first-order valence-corrected chi connectivity index (χ1v) is 9.28. The van der Waals surface area contributed by atoms with E-state index in [9.17, 15) is 9.59 Å². The van der Waals surface area contributed by atoms with Crippen LogP contribution in [-0.4, -0.2) is 26.2 Å². The highest BCUT2D eigenvalue weighted by molar-refractivity contribution is 5.82. The standard InChI is InChI=1S/C24H24O4/c1-27-21(25)15-13-19-23(17-9-5-3-6-10-17)20(14-16-22(26)28-2)24(19)18-11-7-4-8-12-18/h3-16,19-20,23-24H,1-2H3. The largest absolute Gasteiger partial charge is 0.466 e. The minimum absolute atomic E-state index is 0.108. The Hall–Kier alpha value is -3.14. The molecule has 1 fully saturated rings. The van der Waals surface area contributed by atoms with E-state index in [-0.39, 0.29) is 35.6 Å². The number of carbonyl (C=O) groups excluding carboxylic acids is 2. The third-order valence-electron chi connectivity index (χ3n) is 5.34. The smallest absolute Gasteiger partial charge is 0.330 e. The van der Waals surface area contributed by atoms with Gasteiger partial charge in [0.2, 0.25) is 0 Å². The van der Waals surface area contributed by atoms with Gasteiger partial charge in [-0.05, 0) is 34.8 Å². The van der Waals surface area contributed by atoms with Gasteiger partial charge in [0.15, 0.2) is 0 Å². The molecule has 1 aliphatic carbocycles. The van der Waals surface area contributed by atoms with Crippen LogP contribution in [0.15, 0.2) is 85.0 Å². The summed E-state index contributed by atoms with van der Waals surface area (Å²) >= 11 is 0. The molecule has 0 atom stereocenters. The molecule has 0 amide bonds. The maximum Gasteiger partial charge on any atom is 0.330 e. The van der Waals surface area contributed by atoms with Gasteiger partial charge in [-0.2, -0.15) is 0 Å². The highest BCUT2D eigenvalue weighted by Gasteiger charge is 2.48. The van der Waals surface area contributed by atoms with Gasteiger partial charge in [-0.1, -0.05) is 72.8 Å². The molecule has 0 heterocycles. The summed E-state index contributed by atoms with van der Waals surface area (Å²) in [5, 5.41) is 0. The molecule has 0 bridgehead atoms. The average Bonchev–Trinajstić information content (AvgIpc) is 2.73. The minimum atomic E-state index is -0.368. The number of ether oxygens (including phenoxy) is 2. The number of rotatable bonds is 6. The molecule has 2 aromatic rings. The van der Waals surface area contributed by atoms with E-state index in [1.54, 1.807) is 0 Å². The van der Waals surface area contributed by atoms with Crippen molar-refractivity contribution < 1.29 is 19.1 Å². The van der Waals surface area contributed by atoms with Gasteiger partial charge in [-0.3, -0.25) is 0 Å². The third-order valence-corrected chi connectivity index (χ3v) is 5.34. The second-order valence-electron chi connectivity index (χ2n) is 6.79. The number of hydrogen-bond donors (Lipinski definition) is 0. The van der Waals surface area contributed by atoms with Crippen LogP contribution in [0, 0.1) is 11.8 Å². The number of allylic oxidation sites excluding steroid dienone is 2. The normalized spacial score (nSPS) is 24.1. The van der Waals surface area contributed by atoms with Crippen LogP contribution < -0.4 is 0 Å². The van der Waals surface area contributed by atoms with Crippen molar-refractivity contribution in [2.75, 3.05) is 14.2 Å². The molecule has 0 aromatic heterocycles. The van der Waals surface area contributed by atoms with Gasteiger partial charge in [0.05, 0.1) is 14.2 Å². The van der Waals surface area contributed by atoms with Crippen molar-refractivity contribution in [1.82, 2.24) is 0 Å². The zero-order valence-corrected chi connectivity index (χ0v) is 16.0. The molecule has 4 nitrogen and oxygen atoms in total. The maximum absolute atomic E-state index is 11.7. The molecule has 0 saturated heterocycles. The molecular formula is C24H24O4. The van der Waals surface area contributed by atoms with Crippen molar-refractivity contribution in [2.45, 2.75) is 11.8 Å². The monoisotopic (exact) mass is 376 g/mol. The van der Waals surface area contributed by atoms with Crippen LogP contribution in [0.5, 0.6) is 0 Å². The number of hydrogen-bond acceptors (Lipinski definition) is 4. The van der Waals surface area contributed by atoms with Gasteiger partial charge in [0.1, 0.15) is 0 Å². The summed E-state index contributed by atoms with van der Waals surface area (Å²) in [6.45, 7) is 0. The van der Waals surface area contributed by atoms with E-state index in [4.69, 9.17) is 9.47 Å².